The number of fused-ring (bicyclic) bond motifs is 1. The van der Waals surface area contributed by atoms with Crippen molar-refractivity contribution in [2.45, 2.75) is 39.3 Å². The number of aromatic nitrogens is 4. The molecule has 4 rings (SSSR count). The van der Waals surface area contributed by atoms with E-state index in [9.17, 15) is 0 Å². The monoisotopic (exact) mass is 369 g/mol. The molecule has 0 amide bonds. The largest absolute Gasteiger partial charge is 0.383 e. The van der Waals surface area contributed by atoms with Gasteiger partial charge < -0.3 is 11.1 Å². The molecule has 1 aliphatic rings. The van der Waals surface area contributed by atoms with Gasteiger partial charge in [-0.05, 0) is 38.3 Å². The second kappa shape index (κ2) is 7.13. The summed E-state index contributed by atoms with van der Waals surface area (Å²) in [6, 6.07) is 2.36. The number of piperidine rings is 1. The molecule has 0 aromatic carbocycles. The van der Waals surface area contributed by atoms with E-state index in [0.717, 1.165) is 49.1 Å². The summed E-state index contributed by atoms with van der Waals surface area (Å²) >= 11 is 1.72. The number of hydrogen-bond acceptors (Lipinski definition) is 8. The van der Waals surface area contributed by atoms with E-state index in [4.69, 9.17) is 5.73 Å². The molecule has 0 bridgehead atoms. The van der Waals surface area contributed by atoms with Gasteiger partial charge in [-0.3, -0.25) is 4.90 Å². The van der Waals surface area contributed by atoms with E-state index in [-0.39, 0.29) is 0 Å². The van der Waals surface area contributed by atoms with Crippen LogP contribution in [0, 0.1) is 13.8 Å². The van der Waals surface area contributed by atoms with E-state index in [1.54, 1.807) is 11.3 Å². The van der Waals surface area contributed by atoms with E-state index in [1.807, 2.05) is 31.5 Å². The van der Waals surface area contributed by atoms with E-state index in [2.05, 4.69) is 30.2 Å². The van der Waals surface area contributed by atoms with Crippen LogP contribution in [0.15, 0.2) is 17.6 Å². The van der Waals surface area contributed by atoms with Crippen molar-refractivity contribution in [1.29, 1.82) is 0 Å². The van der Waals surface area contributed by atoms with Gasteiger partial charge in [0.15, 0.2) is 5.65 Å². The van der Waals surface area contributed by atoms with Gasteiger partial charge in [0.1, 0.15) is 10.8 Å². The summed E-state index contributed by atoms with van der Waals surface area (Å²) in [5, 5.41) is 7.51. The molecule has 7 nitrogen and oxygen atoms in total. The fourth-order valence-corrected chi connectivity index (χ4v) is 4.17. The van der Waals surface area contributed by atoms with Crippen molar-refractivity contribution in [1.82, 2.24) is 24.8 Å². The molecule has 0 unspecified atom stereocenters. The summed E-state index contributed by atoms with van der Waals surface area (Å²) in [6.45, 7) is 7.00. The zero-order chi connectivity index (χ0) is 18.1. The summed E-state index contributed by atoms with van der Waals surface area (Å²) in [6.07, 6.45) is 3.97. The first-order valence-electron chi connectivity index (χ1n) is 8.87. The van der Waals surface area contributed by atoms with E-state index in [1.165, 1.54) is 5.01 Å². The summed E-state index contributed by atoms with van der Waals surface area (Å²) < 4.78 is 0. The zero-order valence-electron chi connectivity index (χ0n) is 15.1. The number of thiazole rings is 1. The highest BCUT2D eigenvalue weighted by Gasteiger charge is 2.21. The summed E-state index contributed by atoms with van der Waals surface area (Å²) in [5.74, 6) is 1.06. The Morgan fingerprint density at radius 2 is 2.04 bits per heavy atom. The number of hydrogen-bond donors (Lipinski definition) is 2. The van der Waals surface area contributed by atoms with E-state index < -0.39 is 0 Å². The van der Waals surface area contributed by atoms with Crippen molar-refractivity contribution in [3.8, 4) is 0 Å². The van der Waals surface area contributed by atoms with Crippen LogP contribution in [0.5, 0.6) is 0 Å². The van der Waals surface area contributed by atoms with Crippen molar-refractivity contribution >= 4 is 34.1 Å². The summed E-state index contributed by atoms with van der Waals surface area (Å²) in [7, 11) is 0. The minimum Gasteiger partial charge on any atom is -0.383 e. The van der Waals surface area contributed by atoms with Crippen molar-refractivity contribution in [3.05, 3.63) is 33.9 Å². The van der Waals surface area contributed by atoms with Crippen LogP contribution in [0.2, 0.25) is 0 Å². The Labute approximate surface area is 156 Å². The topological polar surface area (TPSA) is 92.8 Å². The van der Waals surface area contributed by atoms with Gasteiger partial charge in [0.25, 0.3) is 0 Å². The van der Waals surface area contributed by atoms with Crippen molar-refractivity contribution in [2.24, 2.45) is 0 Å². The number of rotatable bonds is 4. The maximum atomic E-state index is 6.17. The molecule has 4 heterocycles. The molecule has 0 atom stereocenters. The van der Waals surface area contributed by atoms with Crippen molar-refractivity contribution in [2.75, 3.05) is 24.1 Å². The van der Waals surface area contributed by atoms with Gasteiger partial charge in [0.05, 0.1) is 11.9 Å². The average molecular weight is 369 g/mol. The molecule has 0 aliphatic carbocycles. The lowest BCUT2D eigenvalue weighted by Gasteiger charge is -2.31. The molecule has 0 radical (unpaired) electrons. The second-order valence-corrected chi connectivity index (χ2v) is 7.81. The predicted octanol–water partition coefficient (Wildman–Crippen LogP) is 2.76. The van der Waals surface area contributed by atoms with Crippen LogP contribution in [0.25, 0.3) is 11.0 Å². The first kappa shape index (κ1) is 17.1. The fraction of sp³-hybridized carbons (Fsp3) is 0.444. The Hall–Kier alpha value is -2.32. The maximum Gasteiger partial charge on any atom is 0.226 e. The molecule has 1 saturated heterocycles. The predicted molar refractivity (Wildman–Crippen MR) is 105 cm³/mol. The third-order valence-corrected chi connectivity index (χ3v) is 5.55. The zero-order valence-corrected chi connectivity index (χ0v) is 15.9. The quantitative estimate of drug-likeness (QED) is 0.730. The standard InChI is InChI=1S/C18H23N7S/c1-11-9-12(2)21-17-15(11)16(19)23-18(24-17)22-13-3-6-25(7-4-13)10-14-20-5-8-26-14/h5,8-9,13H,3-4,6-7,10H2,1-2H3,(H3,19,21,22,23,24). The van der Waals surface area contributed by atoms with Crippen molar-refractivity contribution in [3.63, 3.8) is 0 Å². The van der Waals surface area contributed by atoms with E-state index >= 15 is 0 Å². The van der Waals surface area contributed by atoms with Crippen LogP contribution < -0.4 is 11.1 Å². The lowest BCUT2D eigenvalue weighted by atomic mass is 10.1. The second-order valence-electron chi connectivity index (χ2n) is 6.83. The molecular formula is C18H23N7S. The van der Waals surface area contributed by atoms with Gasteiger partial charge in [-0.15, -0.1) is 11.3 Å². The number of nitrogens with zero attached hydrogens (tertiary/aromatic N) is 5. The maximum absolute atomic E-state index is 6.17. The molecular weight excluding hydrogens is 346 g/mol. The smallest absolute Gasteiger partial charge is 0.226 e. The third-order valence-electron chi connectivity index (χ3n) is 4.78. The SMILES string of the molecule is Cc1cc(C)c2c(N)nc(NC3CCN(Cc4nccs4)CC3)nc2n1. The number of nitrogens with one attached hydrogen (secondary N) is 1. The molecule has 0 saturated carbocycles. The Kier molecular flexibility index (Phi) is 4.69. The number of pyridine rings is 1. The molecule has 3 N–H and O–H groups in total. The Morgan fingerprint density at radius 3 is 2.77 bits per heavy atom. The summed E-state index contributed by atoms with van der Waals surface area (Å²) in [4.78, 5) is 20.4. The third kappa shape index (κ3) is 3.61. The molecule has 8 heteroatoms. The first-order chi connectivity index (χ1) is 12.6. The van der Waals surface area contributed by atoms with Crippen LogP contribution >= 0.6 is 11.3 Å². The van der Waals surface area contributed by atoms with Gasteiger partial charge in [-0.25, -0.2) is 9.97 Å². The highest BCUT2D eigenvalue weighted by molar-refractivity contribution is 7.09. The number of nitrogens with two attached hydrogens (primary N) is 1. The van der Waals surface area contributed by atoms with Gasteiger partial charge in [0.2, 0.25) is 5.95 Å². The van der Waals surface area contributed by atoms with Gasteiger partial charge in [-0.2, -0.15) is 9.97 Å². The molecule has 136 valence electrons. The number of anilines is 2. The van der Waals surface area contributed by atoms with Crippen LogP contribution in [0.3, 0.4) is 0 Å². The highest BCUT2D eigenvalue weighted by Crippen LogP contribution is 2.24. The molecule has 3 aromatic heterocycles. The Balaban J connectivity index is 1.43. The average Bonchev–Trinajstić information content (AvgIpc) is 3.08. The van der Waals surface area contributed by atoms with Gasteiger partial charge >= 0.3 is 0 Å². The molecule has 26 heavy (non-hydrogen) atoms. The number of nitrogen functional groups attached to an aromatic ring is 1. The van der Waals surface area contributed by atoms with Crippen LogP contribution in [-0.4, -0.2) is 44.0 Å². The lowest BCUT2D eigenvalue weighted by molar-refractivity contribution is 0.211. The molecule has 0 spiro atoms. The van der Waals surface area contributed by atoms with Crippen LogP contribution in [0.4, 0.5) is 11.8 Å². The van der Waals surface area contributed by atoms with Crippen LogP contribution in [0.1, 0.15) is 29.1 Å². The Morgan fingerprint density at radius 1 is 1.23 bits per heavy atom. The van der Waals surface area contributed by atoms with Gasteiger partial charge in [-0.1, -0.05) is 0 Å². The first-order valence-corrected chi connectivity index (χ1v) is 9.75. The van der Waals surface area contributed by atoms with E-state index in [0.29, 0.717) is 23.5 Å². The minimum atomic E-state index is 0.352. The fourth-order valence-electron chi connectivity index (χ4n) is 3.51. The summed E-state index contributed by atoms with van der Waals surface area (Å²) in [5.41, 5.74) is 8.83. The molecule has 1 aliphatic heterocycles. The molecule has 1 fully saturated rings. The minimum absolute atomic E-state index is 0.352. The Bertz CT molecular complexity index is 902. The normalized spacial score (nSPS) is 16.2. The van der Waals surface area contributed by atoms with Crippen molar-refractivity contribution < 1.29 is 0 Å². The number of aryl methyl sites for hydroxylation is 2. The lowest BCUT2D eigenvalue weighted by Crippen LogP contribution is -2.39. The highest BCUT2D eigenvalue weighted by atomic mass is 32.1. The van der Waals surface area contributed by atoms with Crippen LogP contribution in [-0.2, 0) is 6.54 Å². The molecule has 3 aromatic rings. The number of likely N-dealkylation sites (tertiary alicyclic amines) is 1. The van der Waals surface area contributed by atoms with Gasteiger partial charge in [0, 0.05) is 36.4 Å².